The fourth-order valence-electron chi connectivity index (χ4n) is 4.16. The molecule has 0 saturated heterocycles. The van der Waals surface area contributed by atoms with Crippen molar-refractivity contribution in [2.45, 2.75) is 58.7 Å². The number of pyridine rings is 1. The first-order valence-electron chi connectivity index (χ1n) is 10.9. The number of fused-ring (bicyclic) bond motifs is 2. The Bertz CT molecular complexity index is 1230. The fourth-order valence-corrected chi connectivity index (χ4v) is 4.16. The van der Waals surface area contributed by atoms with E-state index in [1.807, 2.05) is 24.3 Å². The summed E-state index contributed by atoms with van der Waals surface area (Å²) in [5.74, 6) is 1.04. The molecule has 3 heterocycles. The molecule has 1 unspecified atom stereocenters. The predicted molar refractivity (Wildman–Crippen MR) is 119 cm³/mol. The van der Waals surface area contributed by atoms with Crippen LogP contribution in [0.2, 0.25) is 0 Å². The molecule has 1 atom stereocenters. The van der Waals surface area contributed by atoms with Crippen LogP contribution in [-0.2, 0) is 26.6 Å². The number of aryl methyl sites for hydroxylation is 3. The molecule has 0 radical (unpaired) electrons. The highest BCUT2D eigenvalue weighted by Crippen LogP contribution is 2.18. The molecule has 8 nitrogen and oxygen atoms in total. The van der Waals surface area contributed by atoms with Crippen molar-refractivity contribution in [3.8, 4) is 0 Å². The van der Waals surface area contributed by atoms with Crippen molar-refractivity contribution in [3.63, 3.8) is 0 Å². The summed E-state index contributed by atoms with van der Waals surface area (Å²) in [6.07, 6.45) is 2.90. The molecule has 164 valence electrons. The number of nitrogens with one attached hydrogen (secondary N) is 1. The Kier molecular flexibility index (Phi) is 5.80. The summed E-state index contributed by atoms with van der Waals surface area (Å²) in [5.41, 5.74) is 0.826. The standard InChI is InChI=1S/C23H29N5O3/c1-15(2)10-13-28-23(31)27-12-11-16(8-9-20(27)25-28)24-22(30)18-14-21(29)26(3)19-7-5-4-6-17(18)19/h4-7,14-16H,8-13H2,1-3H3,(H,24,30). The van der Waals surface area contributed by atoms with E-state index in [0.717, 1.165) is 23.1 Å². The lowest BCUT2D eigenvalue weighted by Gasteiger charge is -2.17. The van der Waals surface area contributed by atoms with E-state index < -0.39 is 0 Å². The van der Waals surface area contributed by atoms with E-state index in [4.69, 9.17) is 0 Å². The molecule has 8 heteroatoms. The van der Waals surface area contributed by atoms with E-state index in [2.05, 4.69) is 24.3 Å². The highest BCUT2D eigenvalue weighted by atomic mass is 16.2. The molecule has 31 heavy (non-hydrogen) atoms. The van der Waals surface area contributed by atoms with Gasteiger partial charge in [0.25, 0.3) is 11.5 Å². The van der Waals surface area contributed by atoms with E-state index in [-0.39, 0.29) is 23.2 Å². The molecular formula is C23H29N5O3. The van der Waals surface area contributed by atoms with Gasteiger partial charge in [0.05, 0.1) is 11.1 Å². The van der Waals surface area contributed by atoms with E-state index in [9.17, 15) is 14.4 Å². The molecule has 2 aromatic heterocycles. The van der Waals surface area contributed by atoms with Gasteiger partial charge in [0.1, 0.15) is 5.82 Å². The third-order valence-corrected chi connectivity index (χ3v) is 6.07. The van der Waals surface area contributed by atoms with Crippen molar-refractivity contribution < 1.29 is 4.79 Å². The maximum atomic E-state index is 13.0. The zero-order chi connectivity index (χ0) is 22.1. The number of benzene rings is 1. The normalized spacial score (nSPS) is 16.3. The summed E-state index contributed by atoms with van der Waals surface area (Å²) in [6.45, 7) is 5.42. The first kappa shape index (κ1) is 21.1. The van der Waals surface area contributed by atoms with E-state index in [0.29, 0.717) is 43.8 Å². The van der Waals surface area contributed by atoms with Crippen LogP contribution >= 0.6 is 0 Å². The third-order valence-electron chi connectivity index (χ3n) is 6.07. The van der Waals surface area contributed by atoms with Gasteiger partial charge in [-0.3, -0.25) is 14.2 Å². The van der Waals surface area contributed by atoms with Gasteiger partial charge in [-0.2, -0.15) is 5.10 Å². The number of hydrogen-bond donors (Lipinski definition) is 1. The molecule has 0 fully saturated rings. The van der Waals surface area contributed by atoms with Gasteiger partial charge in [0, 0.05) is 44.1 Å². The second kappa shape index (κ2) is 8.53. The van der Waals surface area contributed by atoms with Gasteiger partial charge in [-0.25, -0.2) is 9.48 Å². The van der Waals surface area contributed by atoms with Crippen LogP contribution in [0.5, 0.6) is 0 Å². The molecule has 0 aliphatic carbocycles. The van der Waals surface area contributed by atoms with Crippen molar-refractivity contribution in [2.75, 3.05) is 0 Å². The van der Waals surface area contributed by atoms with Gasteiger partial charge in [-0.05, 0) is 31.2 Å². The Morgan fingerprint density at radius 1 is 1.23 bits per heavy atom. The lowest BCUT2D eigenvalue weighted by Crippen LogP contribution is -2.36. The molecule has 3 aromatic rings. The topological polar surface area (TPSA) is 90.9 Å². The summed E-state index contributed by atoms with van der Waals surface area (Å²) in [5, 5.41) is 8.35. The van der Waals surface area contributed by atoms with Crippen LogP contribution in [0.3, 0.4) is 0 Å². The molecule has 1 amide bonds. The van der Waals surface area contributed by atoms with Crippen LogP contribution in [0.1, 0.15) is 49.3 Å². The highest BCUT2D eigenvalue weighted by molar-refractivity contribution is 6.06. The van der Waals surface area contributed by atoms with Crippen molar-refractivity contribution in [1.29, 1.82) is 0 Å². The van der Waals surface area contributed by atoms with Crippen molar-refractivity contribution in [1.82, 2.24) is 24.2 Å². The van der Waals surface area contributed by atoms with Crippen LogP contribution in [0, 0.1) is 5.92 Å². The summed E-state index contributed by atoms with van der Waals surface area (Å²) in [7, 11) is 1.70. The number of hydrogen-bond acceptors (Lipinski definition) is 4. The Morgan fingerprint density at radius 2 is 2.00 bits per heavy atom. The lowest BCUT2D eigenvalue weighted by atomic mass is 10.1. The number of carbonyl (C=O) groups excluding carboxylic acids is 1. The number of rotatable bonds is 5. The molecule has 0 bridgehead atoms. The number of nitrogens with zero attached hydrogens (tertiary/aromatic N) is 4. The van der Waals surface area contributed by atoms with E-state index >= 15 is 0 Å². The van der Waals surface area contributed by atoms with Gasteiger partial charge in [-0.15, -0.1) is 0 Å². The minimum atomic E-state index is -0.257. The van der Waals surface area contributed by atoms with Crippen LogP contribution in [-0.4, -0.2) is 30.9 Å². The van der Waals surface area contributed by atoms with Crippen LogP contribution in [0.4, 0.5) is 0 Å². The Hall–Kier alpha value is -3.16. The summed E-state index contributed by atoms with van der Waals surface area (Å²) < 4.78 is 4.85. The fraction of sp³-hybridized carbons (Fsp3) is 0.478. The smallest absolute Gasteiger partial charge is 0.345 e. The summed E-state index contributed by atoms with van der Waals surface area (Å²) >= 11 is 0. The van der Waals surface area contributed by atoms with E-state index in [1.54, 1.807) is 20.9 Å². The van der Waals surface area contributed by atoms with Crippen molar-refractivity contribution >= 4 is 16.8 Å². The first-order chi connectivity index (χ1) is 14.8. The molecule has 1 N–H and O–H groups in total. The zero-order valence-corrected chi connectivity index (χ0v) is 18.3. The molecular weight excluding hydrogens is 394 g/mol. The Balaban J connectivity index is 1.50. The molecule has 1 aliphatic heterocycles. The third kappa shape index (κ3) is 4.19. The van der Waals surface area contributed by atoms with Crippen molar-refractivity contribution in [2.24, 2.45) is 13.0 Å². The molecule has 4 rings (SSSR count). The van der Waals surface area contributed by atoms with Crippen LogP contribution < -0.4 is 16.6 Å². The largest absolute Gasteiger partial charge is 0.349 e. The van der Waals surface area contributed by atoms with Gasteiger partial charge in [0.15, 0.2) is 0 Å². The highest BCUT2D eigenvalue weighted by Gasteiger charge is 2.23. The summed E-state index contributed by atoms with van der Waals surface area (Å²) in [4.78, 5) is 38.0. The zero-order valence-electron chi connectivity index (χ0n) is 18.3. The average Bonchev–Trinajstić information content (AvgIpc) is 2.91. The molecule has 1 aliphatic rings. The van der Waals surface area contributed by atoms with Gasteiger partial charge < -0.3 is 9.88 Å². The first-order valence-corrected chi connectivity index (χ1v) is 10.9. The van der Waals surface area contributed by atoms with Crippen LogP contribution in [0.25, 0.3) is 10.9 Å². The Morgan fingerprint density at radius 3 is 2.77 bits per heavy atom. The molecule has 0 saturated carbocycles. The number of amides is 1. The molecule has 1 aromatic carbocycles. The van der Waals surface area contributed by atoms with Gasteiger partial charge >= 0.3 is 5.69 Å². The molecule has 0 spiro atoms. The predicted octanol–water partition coefficient (Wildman–Crippen LogP) is 2.08. The van der Waals surface area contributed by atoms with E-state index in [1.165, 1.54) is 6.07 Å². The van der Waals surface area contributed by atoms with Crippen molar-refractivity contribution in [3.05, 3.63) is 62.6 Å². The SMILES string of the molecule is CC(C)CCn1nc2n(c1=O)CCC(NC(=O)c1cc(=O)n(C)c3ccccc13)CC2. The number of carbonyl (C=O) groups is 1. The summed E-state index contributed by atoms with van der Waals surface area (Å²) in [6, 6.07) is 8.71. The maximum Gasteiger partial charge on any atom is 0.345 e. The second-order valence-electron chi connectivity index (χ2n) is 8.73. The Labute approximate surface area is 180 Å². The maximum absolute atomic E-state index is 13.0. The monoisotopic (exact) mass is 423 g/mol. The second-order valence-corrected chi connectivity index (χ2v) is 8.73. The number of aromatic nitrogens is 4. The minimum Gasteiger partial charge on any atom is -0.349 e. The van der Waals surface area contributed by atoms with Gasteiger partial charge in [-0.1, -0.05) is 32.0 Å². The minimum absolute atomic E-state index is 0.0693. The van der Waals surface area contributed by atoms with Crippen LogP contribution in [0.15, 0.2) is 39.9 Å². The number of para-hydroxylation sites is 1. The lowest BCUT2D eigenvalue weighted by molar-refractivity contribution is 0.0934. The quantitative estimate of drug-likeness (QED) is 0.680. The van der Waals surface area contributed by atoms with Gasteiger partial charge in [0.2, 0.25) is 0 Å². The average molecular weight is 424 g/mol.